The van der Waals surface area contributed by atoms with Gasteiger partial charge in [-0.1, -0.05) is 0 Å². The van der Waals surface area contributed by atoms with Crippen LogP contribution in [0.25, 0.3) is 0 Å². The maximum absolute atomic E-state index is 7.45. The molecule has 1 unspecified atom stereocenters. The Morgan fingerprint density at radius 1 is 1.75 bits per heavy atom. The topological polar surface area (TPSA) is 71.1 Å². The highest BCUT2D eigenvalue weighted by Gasteiger charge is 2.21. The third kappa shape index (κ3) is 1.76. The molecule has 1 atom stereocenters. The lowest BCUT2D eigenvalue weighted by molar-refractivity contribution is 0.395. The molecule has 0 saturated carbocycles. The van der Waals surface area contributed by atoms with Crippen molar-refractivity contribution in [2.45, 2.75) is 18.9 Å². The number of nitrogens with two attached hydrogens (primary N) is 1. The van der Waals surface area contributed by atoms with Crippen molar-refractivity contribution in [2.24, 2.45) is 5.73 Å². The molecule has 4 N–H and O–H groups in total. The molecule has 0 aromatic heterocycles. The summed E-state index contributed by atoms with van der Waals surface area (Å²) in [6.07, 6.45) is 3.63. The highest BCUT2D eigenvalue weighted by atomic mass is 16.5. The van der Waals surface area contributed by atoms with Crippen molar-refractivity contribution in [2.75, 3.05) is 13.7 Å². The van der Waals surface area contributed by atoms with Gasteiger partial charge < -0.3 is 15.8 Å². The molecule has 1 saturated heterocycles. The first-order chi connectivity index (χ1) is 5.79. The molecule has 0 bridgehead atoms. The molecule has 68 valence electrons. The average Bonchev–Trinajstić information content (AvgIpc) is 2.58. The molecule has 1 rings (SSSR count). The van der Waals surface area contributed by atoms with E-state index in [1.165, 1.54) is 13.3 Å². The van der Waals surface area contributed by atoms with Gasteiger partial charge in [-0.05, 0) is 19.4 Å². The number of nitrogens with one attached hydrogen (secondary N) is 2. The lowest BCUT2D eigenvalue weighted by Gasteiger charge is -2.13. The van der Waals surface area contributed by atoms with Crippen LogP contribution in [-0.4, -0.2) is 25.6 Å². The van der Waals surface area contributed by atoms with Gasteiger partial charge in [-0.15, -0.1) is 0 Å². The largest absolute Gasteiger partial charge is 0.481 e. The van der Waals surface area contributed by atoms with Crippen LogP contribution < -0.4 is 11.1 Å². The van der Waals surface area contributed by atoms with Gasteiger partial charge in [0.1, 0.15) is 0 Å². The smallest absolute Gasteiger partial charge is 0.211 e. The predicted octanol–water partition coefficient (Wildman–Crippen LogP) is 0.205. The number of rotatable bonds is 2. The van der Waals surface area contributed by atoms with Gasteiger partial charge in [-0.25, -0.2) is 0 Å². The van der Waals surface area contributed by atoms with E-state index in [0.717, 1.165) is 25.0 Å². The van der Waals surface area contributed by atoms with E-state index in [4.69, 9.17) is 15.9 Å². The standard InChI is InChI=1S/C8H15N3O/c1-12-8(10)6(5-9)7-3-2-4-11-7/h5,7,10-11H,2-4,9H2,1H3/b6-5-,10-8?. The first kappa shape index (κ1) is 9.06. The fourth-order valence-corrected chi connectivity index (χ4v) is 1.42. The van der Waals surface area contributed by atoms with E-state index < -0.39 is 0 Å². The van der Waals surface area contributed by atoms with Crippen LogP contribution >= 0.6 is 0 Å². The van der Waals surface area contributed by atoms with E-state index >= 15 is 0 Å². The van der Waals surface area contributed by atoms with Crippen LogP contribution in [0, 0.1) is 5.41 Å². The Morgan fingerprint density at radius 2 is 2.50 bits per heavy atom. The normalized spacial score (nSPS) is 24.1. The zero-order chi connectivity index (χ0) is 8.97. The summed E-state index contributed by atoms with van der Waals surface area (Å²) >= 11 is 0. The summed E-state index contributed by atoms with van der Waals surface area (Å²) < 4.78 is 4.81. The molecule has 0 aliphatic carbocycles. The van der Waals surface area contributed by atoms with Gasteiger partial charge in [0.2, 0.25) is 5.90 Å². The average molecular weight is 169 g/mol. The van der Waals surface area contributed by atoms with Crippen LogP contribution in [0.4, 0.5) is 0 Å². The zero-order valence-corrected chi connectivity index (χ0v) is 7.26. The first-order valence-electron chi connectivity index (χ1n) is 4.07. The fraction of sp³-hybridized carbons (Fsp3) is 0.625. The molecular weight excluding hydrogens is 154 g/mol. The van der Waals surface area contributed by atoms with Gasteiger partial charge in [-0.2, -0.15) is 0 Å². The summed E-state index contributed by atoms with van der Waals surface area (Å²) in [7, 11) is 1.49. The van der Waals surface area contributed by atoms with Crippen molar-refractivity contribution < 1.29 is 4.74 Å². The summed E-state index contributed by atoms with van der Waals surface area (Å²) in [6.45, 7) is 0.999. The van der Waals surface area contributed by atoms with Gasteiger partial charge in [0.25, 0.3) is 0 Å². The van der Waals surface area contributed by atoms with E-state index in [2.05, 4.69) is 5.32 Å². The number of hydrogen-bond acceptors (Lipinski definition) is 4. The minimum Gasteiger partial charge on any atom is -0.481 e. The third-order valence-electron chi connectivity index (χ3n) is 2.08. The quantitative estimate of drug-likeness (QED) is 0.408. The molecule has 0 aromatic rings. The Morgan fingerprint density at radius 3 is 2.92 bits per heavy atom. The minimum absolute atomic E-state index is 0.164. The molecule has 1 aliphatic rings. The number of methoxy groups -OCH3 is 1. The van der Waals surface area contributed by atoms with Crippen LogP contribution in [0.3, 0.4) is 0 Å². The monoisotopic (exact) mass is 169 g/mol. The van der Waals surface area contributed by atoms with Gasteiger partial charge in [0.15, 0.2) is 0 Å². The Bertz CT molecular complexity index is 194. The Labute approximate surface area is 72.3 Å². The Kier molecular flexibility index (Phi) is 3.10. The maximum Gasteiger partial charge on any atom is 0.211 e. The highest BCUT2D eigenvalue weighted by Crippen LogP contribution is 2.14. The number of ether oxygens (including phenoxy) is 1. The van der Waals surface area contributed by atoms with Crippen molar-refractivity contribution >= 4 is 5.90 Å². The first-order valence-corrected chi connectivity index (χ1v) is 4.07. The van der Waals surface area contributed by atoms with Gasteiger partial charge in [0.05, 0.1) is 7.11 Å². The van der Waals surface area contributed by atoms with Crippen molar-refractivity contribution in [1.29, 1.82) is 5.41 Å². The SMILES string of the molecule is COC(=N)/C(=C\N)C1CCCN1. The third-order valence-corrected chi connectivity index (χ3v) is 2.08. The second-order valence-electron chi connectivity index (χ2n) is 2.80. The zero-order valence-electron chi connectivity index (χ0n) is 7.26. The van der Waals surface area contributed by atoms with Crippen molar-refractivity contribution in [1.82, 2.24) is 5.32 Å². The van der Waals surface area contributed by atoms with Crippen molar-refractivity contribution in [3.05, 3.63) is 11.8 Å². The molecule has 12 heavy (non-hydrogen) atoms. The van der Waals surface area contributed by atoms with E-state index in [9.17, 15) is 0 Å². The highest BCUT2D eigenvalue weighted by molar-refractivity contribution is 5.92. The molecule has 1 aliphatic heterocycles. The Hall–Kier alpha value is -1.03. The summed E-state index contributed by atoms with van der Waals surface area (Å²) in [4.78, 5) is 0. The van der Waals surface area contributed by atoms with E-state index in [-0.39, 0.29) is 11.9 Å². The van der Waals surface area contributed by atoms with Crippen LogP contribution in [0.2, 0.25) is 0 Å². The van der Waals surface area contributed by atoms with Crippen molar-refractivity contribution in [3.8, 4) is 0 Å². The van der Waals surface area contributed by atoms with Gasteiger partial charge in [-0.3, -0.25) is 5.41 Å². The molecule has 0 radical (unpaired) electrons. The van der Waals surface area contributed by atoms with E-state index in [1.807, 2.05) is 0 Å². The van der Waals surface area contributed by atoms with Crippen molar-refractivity contribution in [3.63, 3.8) is 0 Å². The fourth-order valence-electron chi connectivity index (χ4n) is 1.42. The van der Waals surface area contributed by atoms with Crippen LogP contribution in [-0.2, 0) is 4.74 Å². The van der Waals surface area contributed by atoms with E-state index in [0.29, 0.717) is 0 Å². The molecule has 4 heteroatoms. The lowest BCUT2D eigenvalue weighted by Crippen LogP contribution is -2.29. The van der Waals surface area contributed by atoms with Crippen LogP contribution in [0.5, 0.6) is 0 Å². The summed E-state index contributed by atoms with van der Waals surface area (Å²) in [6, 6.07) is 0.211. The summed E-state index contributed by atoms with van der Waals surface area (Å²) in [5, 5.41) is 10.7. The molecule has 0 aromatic carbocycles. The molecule has 4 nitrogen and oxygen atoms in total. The minimum atomic E-state index is 0.164. The second-order valence-corrected chi connectivity index (χ2v) is 2.80. The molecular formula is C8H15N3O. The Balaban J connectivity index is 2.61. The van der Waals surface area contributed by atoms with E-state index in [1.54, 1.807) is 0 Å². The number of hydrogen-bond donors (Lipinski definition) is 3. The predicted molar refractivity (Wildman–Crippen MR) is 48.0 cm³/mol. The summed E-state index contributed by atoms with van der Waals surface area (Å²) in [5.41, 5.74) is 6.17. The van der Waals surface area contributed by atoms with Crippen LogP contribution in [0.1, 0.15) is 12.8 Å². The van der Waals surface area contributed by atoms with Gasteiger partial charge in [0, 0.05) is 17.8 Å². The molecule has 1 fully saturated rings. The summed E-state index contributed by atoms with van der Waals surface area (Å²) in [5.74, 6) is 0.164. The second kappa shape index (κ2) is 4.11. The maximum atomic E-state index is 7.45. The van der Waals surface area contributed by atoms with Gasteiger partial charge >= 0.3 is 0 Å². The lowest BCUT2D eigenvalue weighted by atomic mass is 10.1. The molecule has 0 spiro atoms. The van der Waals surface area contributed by atoms with Crippen LogP contribution in [0.15, 0.2) is 11.8 Å². The molecule has 1 heterocycles. The molecule has 0 amide bonds.